The molecule has 0 radical (unpaired) electrons. The van der Waals surface area contributed by atoms with Crippen LogP contribution >= 0.6 is 22.6 Å². The number of phenolic OH excluding ortho intramolecular Hbond substituents is 1. The Morgan fingerprint density at radius 1 is 1.58 bits per heavy atom. The molecule has 1 rings (SSSR count). The maximum atomic E-state index is 11.0. The van der Waals surface area contributed by atoms with Crippen LogP contribution in [-0.2, 0) is 0 Å². The van der Waals surface area contributed by atoms with Gasteiger partial charge >= 0.3 is 0 Å². The van der Waals surface area contributed by atoms with E-state index in [9.17, 15) is 9.90 Å². The number of carbonyl (C=O) groups excluding carboxylic acids is 1. The first-order chi connectivity index (χ1) is 5.54. The molecule has 0 aliphatic rings. The average molecular weight is 277 g/mol. The largest absolute Gasteiger partial charge is 0.506 e. The number of aromatic hydroxyl groups is 1. The van der Waals surface area contributed by atoms with Crippen LogP contribution < -0.4 is 5.73 Å². The predicted octanol–water partition coefficient (Wildman–Crippen LogP) is 1.78. The van der Waals surface area contributed by atoms with Crippen LogP contribution in [0, 0.1) is 3.57 Å². The van der Waals surface area contributed by atoms with Crippen molar-refractivity contribution in [1.82, 2.24) is 0 Å². The fourth-order valence-corrected chi connectivity index (χ4v) is 1.40. The van der Waals surface area contributed by atoms with Crippen LogP contribution in [0.4, 0.5) is 5.69 Å². The Morgan fingerprint density at radius 2 is 2.17 bits per heavy atom. The summed E-state index contributed by atoms with van der Waals surface area (Å²) in [6.45, 7) is 1.38. The minimum atomic E-state index is -0.219. The van der Waals surface area contributed by atoms with Gasteiger partial charge in [-0.3, -0.25) is 4.79 Å². The molecule has 4 heteroatoms. The van der Waals surface area contributed by atoms with Crippen molar-refractivity contribution < 1.29 is 9.90 Å². The highest BCUT2D eigenvalue weighted by atomic mass is 127. The van der Waals surface area contributed by atoms with Crippen molar-refractivity contribution in [3.8, 4) is 5.75 Å². The maximum Gasteiger partial charge on any atom is 0.165 e. The van der Waals surface area contributed by atoms with E-state index in [0.29, 0.717) is 9.26 Å². The van der Waals surface area contributed by atoms with E-state index >= 15 is 0 Å². The van der Waals surface area contributed by atoms with Crippen LogP contribution in [0.25, 0.3) is 0 Å². The number of nitrogens with two attached hydrogens (primary N) is 1. The molecular weight excluding hydrogens is 269 g/mol. The van der Waals surface area contributed by atoms with Gasteiger partial charge in [-0.15, -0.1) is 0 Å². The first-order valence-electron chi connectivity index (χ1n) is 3.32. The number of ketones is 1. The lowest BCUT2D eigenvalue weighted by atomic mass is 10.1. The minimum absolute atomic E-state index is 0.0249. The van der Waals surface area contributed by atoms with Gasteiger partial charge in [-0.05, 0) is 41.6 Å². The molecule has 0 heterocycles. The Kier molecular flexibility index (Phi) is 2.56. The molecule has 0 fully saturated rings. The van der Waals surface area contributed by atoms with Crippen molar-refractivity contribution in [3.63, 3.8) is 0 Å². The molecule has 0 amide bonds. The number of hydrogen-bond donors (Lipinski definition) is 2. The number of rotatable bonds is 1. The zero-order valence-electron chi connectivity index (χ0n) is 6.47. The fourth-order valence-electron chi connectivity index (χ4n) is 0.951. The molecule has 12 heavy (non-hydrogen) atoms. The van der Waals surface area contributed by atoms with Gasteiger partial charge < -0.3 is 10.8 Å². The van der Waals surface area contributed by atoms with Gasteiger partial charge in [-0.2, -0.15) is 0 Å². The summed E-state index contributed by atoms with van der Waals surface area (Å²) in [5.74, 6) is -0.244. The van der Waals surface area contributed by atoms with Crippen LogP contribution in [0.1, 0.15) is 17.3 Å². The topological polar surface area (TPSA) is 63.3 Å². The van der Waals surface area contributed by atoms with Gasteiger partial charge in [0.05, 0.1) is 9.13 Å². The van der Waals surface area contributed by atoms with Gasteiger partial charge in [0.1, 0.15) is 5.75 Å². The van der Waals surface area contributed by atoms with E-state index in [1.807, 2.05) is 22.6 Å². The van der Waals surface area contributed by atoms with Crippen LogP contribution in [0.2, 0.25) is 0 Å². The molecule has 3 nitrogen and oxygen atoms in total. The molecule has 3 N–H and O–H groups in total. The highest BCUT2D eigenvalue weighted by molar-refractivity contribution is 14.1. The molecule has 64 valence electrons. The summed E-state index contributed by atoms with van der Waals surface area (Å²) in [5.41, 5.74) is 6.04. The molecule has 1 aromatic rings. The SMILES string of the molecule is CC(=O)c1c(N)ccc(I)c1O. The molecular formula is C8H8INO2. The van der Waals surface area contributed by atoms with E-state index in [1.165, 1.54) is 6.92 Å². The summed E-state index contributed by atoms with van der Waals surface area (Å²) in [6, 6.07) is 3.27. The lowest BCUT2D eigenvalue weighted by molar-refractivity contribution is 0.101. The van der Waals surface area contributed by atoms with Gasteiger partial charge in [0, 0.05) is 5.69 Å². The molecule has 0 atom stereocenters. The van der Waals surface area contributed by atoms with Crippen molar-refractivity contribution >= 4 is 34.1 Å². The Morgan fingerprint density at radius 3 is 2.58 bits per heavy atom. The van der Waals surface area contributed by atoms with Crippen molar-refractivity contribution in [2.24, 2.45) is 0 Å². The normalized spacial score (nSPS) is 9.83. The summed E-state index contributed by atoms with van der Waals surface area (Å²) in [5, 5.41) is 9.44. The van der Waals surface area contributed by atoms with Crippen molar-refractivity contribution in [2.75, 3.05) is 5.73 Å². The molecule has 0 unspecified atom stereocenters. The smallest absolute Gasteiger partial charge is 0.165 e. The monoisotopic (exact) mass is 277 g/mol. The number of anilines is 1. The Balaban J connectivity index is 3.43. The van der Waals surface area contributed by atoms with Gasteiger partial charge in [0.15, 0.2) is 5.78 Å². The molecule has 1 aromatic carbocycles. The number of nitrogen functional groups attached to an aromatic ring is 1. The van der Waals surface area contributed by atoms with Crippen LogP contribution in [-0.4, -0.2) is 10.9 Å². The molecule has 0 aliphatic heterocycles. The third-order valence-electron chi connectivity index (χ3n) is 1.51. The van der Waals surface area contributed by atoms with E-state index in [-0.39, 0.29) is 17.1 Å². The molecule has 0 bridgehead atoms. The third kappa shape index (κ3) is 1.52. The summed E-state index contributed by atoms with van der Waals surface area (Å²) in [7, 11) is 0. The minimum Gasteiger partial charge on any atom is -0.506 e. The average Bonchev–Trinajstić information content (AvgIpc) is 1.97. The molecule has 0 saturated carbocycles. The zero-order valence-corrected chi connectivity index (χ0v) is 8.62. The van der Waals surface area contributed by atoms with Crippen LogP contribution in [0.5, 0.6) is 5.75 Å². The van der Waals surface area contributed by atoms with Gasteiger partial charge in [0.2, 0.25) is 0 Å². The summed E-state index contributed by atoms with van der Waals surface area (Å²) in [6.07, 6.45) is 0. The molecule has 0 spiro atoms. The highest BCUT2D eigenvalue weighted by Gasteiger charge is 2.12. The van der Waals surface area contributed by atoms with Crippen molar-refractivity contribution in [3.05, 3.63) is 21.3 Å². The standard InChI is InChI=1S/C8H8INO2/c1-4(11)7-6(10)3-2-5(9)8(7)12/h2-3,12H,10H2,1H3. The van der Waals surface area contributed by atoms with Gasteiger partial charge in [-0.1, -0.05) is 0 Å². The van der Waals surface area contributed by atoms with Crippen molar-refractivity contribution in [2.45, 2.75) is 6.92 Å². The third-order valence-corrected chi connectivity index (χ3v) is 2.38. The first-order valence-corrected chi connectivity index (χ1v) is 4.39. The second-order valence-corrected chi connectivity index (χ2v) is 3.58. The Hall–Kier alpha value is -0.780. The number of halogens is 1. The summed E-state index contributed by atoms with van der Waals surface area (Å²) in [4.78, 5) is 11.0. The summed E-state index contributed by atoms with van der Waals surface area (Å²) >= 11 is 1.94. The Bertz CT molecular complexity index is 336. The van der Waals surface area contributed by atoms with Crippen molar-refractivity contribution in [1.29, 1.82) is 0 Å². The van der Waals surface area contributed by atoms with E-state index in [4.69, 9.17) is 5.73 Å². The second-order valence-electron chi connectivity index (χ2n) is 2.42. The number of benzene rings is 1. The Labute approximate surface area is 83.7 Å². The maximum absolute atomic E-state index is 11.0. The molecule has 0 aromatic heterocycles. The first kappa shape index (κ1) is 9.31. The number of phenols is 1. The number of hydrogen-bond acceptors (Lipinski definition) is 3. The lowest BCUT2D eigenvalue weighted by Gasteiger charge is -2.05. The van der Waals surface area contributed by atoms with E-state index in [0.717, 1.165) is 0 Å². The second kappa shape index (κ2) is 3.30. The van der Waals surface area contributed by atoms with Gasteiger partial charge in [0.25, 0.3) is 0 Å². The van der Waals surface area contributed by atoms with E-state index < -0.39 is 0 Å². The molecule has 0 aliphatic carbocycles. The highest BCUT2D eigenvalue weighted by Crippen LogP contribution is 2.28. The van der Waals surface area contributed by atoms with Crippen LogP contribution in [0.15, 0.2) is 12.1 Å². The number of Topliss-reactive ketones (excluding diaryl/α,β-unsaturated/α-hetero) is 1. The summed E-state index contributed by atoms with van der Waals surface area (Å²) < 4.78 is 0.631. The quantitative estimate of drug-likeness (QED) is 0.467. The fraction of sp³-hybridized carbons (Fsp3) is 0.125. The van der Waals surface area contributed by atoms with Crippen LogP contribution in [0.3, 0.4) is 0 Å². The predicted molar refractivity (Wildman–Crippen MR) is 55.2 cm³/mol. The van der Waals surface area contributed by atoms with Gasteiger partial charge in [-0.25, -0.2) is 0 Å². The molecule has 0 saturated heterocycles. The zero-order chi connectivity index (χ0) is 9.30. The van der Waals surface area contributed by atoms with E-state index in [2.05, 4.69) is 0 Å². The van der Waals surface area contributed by atoms with E-state index in [1.54, 1.807) is 12.1 Å². The number of carbonyl (C=O) groups is 1. The lowest BCUT2D eigenvalue weighted by Crippen LogP contribution is -2.00.